The first kappa shape index (κ1) is 11.4. The van der Waals surface area contributed by atoms with E-state index in [9.17, 15) is 9.59 Å². The van der Waals surface area contributed by atoms with Gasteiger partial charge in [0.15, 0.2) is 0 Å². The Labute approximate surface area is 95.3 Å². The molecule has 0 N–H and O–H groups in total. The largest absolute Gasteiger partial charge is 0.381 e. The van der Waals surface area contributed by atoms with Crippen LogP contribution in [0.2, 0.25) is 0 Å². The van der Waals surface area contributed by atoms with Gasteiger partial charge in [-0.1, -0.05) is 0 Å². The Bertz CT molecular complexity index is 256. The fourth-order valence-electron chi connectivity index (χ4n) is 2.25. The number of hydrogen-bond acceptors (Lipinski definition) is 3. The Hall–Kier alpha value is -1.10. The highest BCUT2D eigenvalue weighted by atomic mass is 16.5. The molecule has 0 unspecified atom stereocenters. The van der Waals surface area contributed by atoms with Crippen molar-refractivity contribution in [2.45, 2.75) is 12.8 Å². The zero-order valence-corrected chi connectivity index (χ0v) is 9.43. The molecule has 2 saturated heterocycles. The third kappa shape index (κ3) is 2.52. The van der Waals surface area contributed by atoms with Crippen molar-refractivity contribution in [2.24, 2.45) is 5.92 Å². The quantitative estimate of drug-likeness (QED) is 0.608. The maximum absolute atomic E-state index is 12.1. The molecule has 0 bridgehead atoms. The van der Waals surface area contributed by atoms with Crippen molar-refractivity contribution >= 4 is 12.3 Å². The average Bonchev–Trinajstić information content (AvgIpc) is 2.39. The van der Waals surface area contributed by atoms with Crippen LogP contribution in [0.4, 0.5) is 0 Å². The van der Waals surface area contributed by atoms with Crippen LogP contribution in [-0.4, -0.2) is 61.5 Å². The average molecular weight is 226 g/mol. The summed E-state index contributed by atoms with van der Waals surface area (Å²) >= 11 is 0. The van der Waals surface area contributed by atoms with Crippen molar-refractivity contribution in [3.8, 4) is 0 Å². The summed E-state index contributed by atoms with van der Waals surface area (Å²) in [4.78, 5) is 26.3. The third-order valence-corrected chi connectivity index (χ3v) is 3.35. The molecule has 2 amide bonds. The molecule has 0 aromatic heterocycles. The Morgan fingerprint density at radius 2 is 1.75 bits per heavy atom. The van der Waals surface area contributed by atoms with Gasteiger partial charge in [-0.15, -0.1) is 0 Å². The summed E-state index contributed by atoms with van der Waals surface area (Å²) in [5.41, 5.74) is 0. The molecule has 2 aliphatic rings. The number of carbonyl (C=O) groups excluding carboxylic acids is 2. The minimum Gasteiger partial charge on any atom is -0.381 e. The molecule has 2 aliphatic heterocycles. The van der Waals surface area contributed by atoms with Crippen molar-refractivity contribution in [1.29, 1.82) is 0 Å². The van der Waals surface area contributed by atoms with E-state index in [0.717, 1.165) is 19.3 Å². The number of ether oxygens (including phenoxy) is 1. The van der Waals surface area contributed by atoms with Crippen LogP contribution in [0.3, 0.4) is 0 Å². The lowest BCUT2D eigenvalue weighted by Gasteiger charge is -2.35. The Balaban J connectivity index is 1.83. The van der Waals surface area contributed by atoms with E-state index in [-0.39, 0.29) is 11.8 Å². The number of nitrogens with zero attached hydrogens (tertiary/aromatic N) is 2. The van der Waals surface area contributed by atoms with Crippen LogP contribution >= 0.6 is 0 Å². The maximum Gasteiger partial charge on any atom is 0.225 e. The van der Waals surface area contributed by atoms with E-state index in [4.69, 9.17) is 4.74 Å². The standard InChI is InChI=1S/C11H18N2O3/c14-9-12-3-5-13(6-4-12)11(15)10-1-7-16-8-2-10/h9-10H,1-8H2. The predicted octanol–water partition coefficient (Wildman–Crippen LogP) is -0.286. The Morgan fingerprint density at radius 3 is 2.31 bits per heavy atom. The number of amides is 2. The van der Waals surface area contributed by atoms with E-state index in [1.165, 1.54) is 0 Å². The lowest BCUT2D eigenvalue weighted by molar-refractivity contribution is -0.141. The molecule has 2 fully saturated rings. The van der Waals surface area contributed by atoms with Gasteiger partial charge in [0.25, 0.3) is 0 Å². The summed E-state index contributed by atoms with van der Waals surface area (Å²) in [5.74, 6) is 0.380. The summed E-state index contributed by atoms with van der Waals surface area (Å²) in [6.45, 7) is 4.08. The summed E-state index contributed by atoms with van der Waals surface area (Å²) in [7, 11) is 0. The topological polar surface area (TPSA) is 49.9 Å². The van der Waals surface area contributed by atoms with Crippen LogP contribution in [0.1, 0.15) is 12.8 Å². The predicted molar refractivity (Wildman–Crippen MR) is 57.8 cm³/mol. The van der Waals surface area contributed by atoms with E-state index < -0.39 is 0 Å². The molecule has 0 saturated carbocycles. The Morgan fingerprint density at radius 1 is 1.12 bits per heavy atom. The van der Waals surface area contributed by atoms with E-state index >= 15 is 0 Å². The molecular weight excluding hydrogens is 208 g/mol. The second-order valence-corrected chi connectivity index (χ2v) is 4.35. The van der Waals surface area contributed by atoms with E-state index in [0.29, 0.717) is 39.4 Å². The van der Waals surface area contributed by atoms with Crippen molar-refractivity contribution in [2.75, 3.05) is 39.4 Å². The van der Waals surface area contributed by atoms with Gasteiger partial charge in [-0.2, -0.15) is 0 Å². The molecule has 0 radical (unpaired) electrons. The molecule has 5 heteroatoms. The van der Waals surface area contributed by atoms with Crippen LogP contribution in [0.5, 0.6) is 0 Å². The molecule has 5 nitrogen and oxygen atoms in total. The highest BCUT2D eigenvalue weighted by molar-refractivity contribution is 5.79. The van der Waals surface area contributed by atoms with Crippen LogP contribution in [-0.2, 0) is 14.3 Å². The van der Waals surface area contributed by atoms with E-state index in [2.05, 4.69) is 0 Å². The van der Waals surface area contributed by atoms with Crippen molar-refractivity contribution in [3.63, 3.8) is 0 Å². The lowest BCUT2D eigenvalue weighted by atomic mass is 9.98. The van der Waals surface area contributed by atoms with Gasteiger partial charge in [-0.05, 0) is 12.8 Å². The number of piperazine rings is 1. The first-order chi connectivity index (χ1) is 7.81. The van der Waals surface area contributed by atoms with E-state index in [1.54, 1.807) is 4.90 Å². The first-order valence-electron chi connectivity index (χ1n) is 5.87. The summed E-state index contributed by atoms with van der Waals surface area (Å²) in [6.07, 6.45) is 2.54. The first-order valence-corrected chi connectivity index (χ1v) is 5.87. The number of rotatable bonds is 2. The zero-order chi connectivity index (χ0) is 11.4. The molecule has 2 heterocycles. The Kier molecular flexibility index (Phi) is 3.77. The molecule has 0 aromatic carbocycles. The fraction of sp³-hybridized carbons (Fsp3) is 0.818. The molecule has 0 aromatic rings. The van der Waals surface area contributed by atoms with Crippen LogP contribution in [0.25, 0.3) is 0 Å². The van der Waals surface area contributed by atoms with Gasteiger partial charge in [-0.3, -0.25) is 9.59 Å². The van der Waals surface area contributed by atoms with Gasteiger partial charge in [0, 0.05) is 45.3 Å². The van der Waals surface area contributed by atoms with Crippen LogP contribution < -0.4 is 0 Å². The maximum atomic E-state index is 12.1. The van der Waals surface area contributed by atoms with Gasteiger partial charge >= 0.3 is 0 Å². The zero-order valence-electron chi connectivity index (χ0n) is 9.43. The fourth-order valence-corrected chi connectivity index (χ4v) is 2.25. The van der Waals surface area contributed by atoms with Crippen molar-refractivity contribution in [3.05, 3.63) is 0 Å². The monoisotopic (exact) mass is 226 g/mol. The smallest absolute Gasteiger partial charge is 0.225 e. The molecular formula is C11H18N2O3. The molecule has 0 atom stereocenters. The molecule has 0 aliphatic carbocycles. The highest BCUT2D eigenvalue weighted by Crippen LogP contribution is 2.18. The molecule has 90 valence electrons. The number of hydrogen-bond donors (Lipinski definition) is 0. The van der Waals surface area contributed by atoms with Gasteiger partial charge in [0.1, 0.15) is 0 Å². The normalized spacial score (nSPS) is 23.2. The second-order valence-electron chi connectivity index (χ2n) is 4.35. The van der Waals surface area contributed by atoms with Gasteiger partial charge < -0.3 is 14.5 Å². The molecule has 0 spiro atoms. The van der Waals surface area contributed by atoms with Crippen molar-refractivity contribution in [1.82, 2.24) is 9.80 Å². The van der Waals surface area contributed by atoms with Gasteiger partial charge in [-0.25, -0.2) is 0 Å². The van der Waals surface area contributed by atoms with Crippen LogP contribution in [0, 0.1) is 5.92 Å². The minimum atomic E-state index is 0.136. The third-order valence-electron chi connectivity index (χ3n) is 3.35. The van der Waals surface area contributed by atoms with E-state index in [1.807, 2.05) is 4.90 Å². The van der Waals surface area contributed by atoms with Crippen molar-refractivity contribution < 1.29 is 14.3 Å². The van der Waals surface area contributed by atoms with Gasteiger partial charge in [0.05, 0.1) is 0 Å². The summed E-state index contributed by atoms with van der Waals surface area (Å²) in [6, 6.07) is 0. The minimum absolute atomic E-state index is 0.136. The van der Waals surface area contributed by atoms with Gasteiger partial charge in [0.2, 0.25) is 12.3 Å². The summed E-state index contributed by atoms with van der Waals surface area (Å²) < 4.78 is 5.25. The second kappa shape index (κ2) is 5.30. The highest BCUT2D eigenvalue weighted by Gasteiger charge is 2.28. The SMILES string of the molecule is O=CN1CCN(C(=O)C2CCOCC2)CC1. The molecule has 2 rings (SSSR count). The lowest BCUT2D eigenvalue weighted by Crippen LogP contribution is -2.50. The number of carbonyl (C=O) groups is 2. The van der Waals surface area contributed by atoms with Crippen LogP contribution in [0.15, 0.2) is 0 Å². The molecule has 16 heavy (non-hydrogen) atoms. The summed E-state index contributed by atoms with van der Waals surface area (Å²) in [5, 5.41) is 0.